The highest BCUT2D eigenvalue weighted by atomic mass is 16.2. The summed E-state index contributed by atoms with van der Waals surface area (Å²) in [5.41, 5.74) is 0. The van der Waals surface area contributed by atoms with Crippen LogP contribution in [0.2, 0.25) is 0 Å². The van der Waals surface area contributed by atoms with Crippen LogP contribution < -0.4 is 5.32 Å². The van der Waals surface area contributed by atoms with Crippen LogP contribution in [0.5, 0.6) is 0 Å². The van der Waals surface area contributed by atoms with E-state index in [1.165, 1.54) is 32.1 Å². The number of nitrogens with zero attached hydrogens (tertiary/aromatic N) is 1. The standard InChI is InChI=1S/C14H26N2O/c1-3-6-13-15-10-14(17)16(13)12-8-5-7-11(4-2)9-12/h11-13,15H,3-10H2,1-2H3. The van der Waals surface area contributed by atoms with Gasteiger partial charge < -0.3 is 4.90 Å². The van der Waals surface area contributed by atoms with E-state index < -0.39 is 0 Å². The van der Waals surface area contributed by atoms with Gasteiger partial charge in [0.25, 0.3) is 0 Å². The second-order valence-electron chi connectivity index (χ2n) is 5.58. The van der Waals surface area contributed by atoms with Crippen LogP contribution in [-0.2, 0) is 4.79 Å². The van der Waals surface area contributed by atoms with E-state index in [1.54, 1.807) is 0 Å². The second-order valence-corrected chi connectivity index (χ2v) is 5.58. The molecular weight excluding hydrogens is 212 g/mol. The molecule has 0 bridgehead atoms. The van der Waals surface area contributed by atoms with Crippen LogP contribution in [0.25, 0.3) is 0 Å². The predicted octanol–water partition coefficient (Wildman–Crippen LogP) is 2.51. The smallest absolute Gasteiger partial charge is 0.238 e. The highest BCUT2D eigenvalue weighted by molar-refractivity contribution is 5.81. The molecule has 3 nitrogen and oxygen atoms in total. The van der Waals surface area contributed by atoms with Gasteiger partial charge in [0.15, 0.2) is 0 Å². The number of amides is 1. The first-order valence-electron chi connectivity index (χ1n) is 7.30. The monoisotopic (exact) mass is 238 g/mol. The minimum Gasteiger partial charge on any atom is -0.323 e. The third-order valence-electron chi connectivity index (χ3n) is 4.40. The molecule has 2 aliphatic rings. The zero-order chi connectivity index (χ0) is 12.3. The molecule has 1 aliphatic heterocycles. The highest BCUT2D eigenvalue weighted by Gasteiger charge is 2.37. The van der Waals surface area contributed by atoms with Crippen LogP contribution in [0.4, 0.5) is 0 Å². The van der Waals surface area contributed by atoms with Gasteiger partial charge >= 0.3 is 0 Å². The van der Waals surface area contributed by atoms with Crippen molar-refractivity contribution in [1.82, 2.24) is 10.2 Å². The van der Waals surface area contributed by atoms with Gasteiger partial charge in [-0.15, -0.1) is 0 Å². The summed E-state index contributed by atoms with van der Waals surface area (Å²) in [6.07, 6.45) is 8.92. The average molecular weight is 238 g/mol. The summed E-state index contributed by atoms with van der Waals surface area (Å²) in [5.74, 6) is 1.16. The summed E-state index contributed by atoms with van der Waals surface area (Å²) in [7, 11) is 0. The van der Waals surface area contributed by atoms with Crippen LogP contribution in [0.1, 0.15) is 58.8 Å². The Labute approximate surface area is 105 Å². The van der Waals surface area contributed by atoms with E-state index in [4.69, 9.17) is 0 Å². The fraction of sp³-hybridized carbons (Fsp3) is 0.929. The number of carbonyl (C=O) groups excluding carboxylic acids is 1. The Morgan fingerprint density at radius 2 is 2.18 bits per heavy atom. The van der Waals surface area contributed by atoms with Gasteiger partial charge in [-0.2, -0.15) is 0 Å². The Morgan fingerprint density at radius 3 is 2.88 bits per heavy atom. The topological polar surface area (TPSA) is 32.3 Å². The van der Waals surface area contributed by atoms with Gasteiger partial charge in [-0.05, 0) is 25.2 Å². The van der Waals surface area contributed by atoms with Crippen LogP contribution in [0, 0.1) is 5.92 Å². The molecule has 3 unspecified atom stereocenters. The summed E-state index contributed by atoms with van der Waals surface area (Å²) in [5, 5.41) is 3.36. The van der Waals surface area contributed by atoms with E-state index in [0.717, 1.165) is 18.8 Å². The molecule has 2 rings (SSSR count). The summed E-state index contributed by atoms with van der Waals surface area (Å²) in [6.45, 7) is 5.02. The number of carbonyl (C=O) groups is 1. The molecular formula is C14H26N2O. The number of nitrogens with one attached hydrogen (secondary N) is 1. The zero-order valence-corrected chi connectivity index (χ0v) is 11.2. The molecule has 1 saturated carbocycles. The molecule has 0 aromatic rings. The molecule has 1 N–H and O–H groups in total. The quantitative estimate of drug-likeness (QED) is 0.816. The maximum Gasteiger partial charge on any atom is 0.238 e. The van der Waals surface area contributed by atoms with Gasteiger partial charge in [-0.1, -0.05) is 39.5 Å². The maximum atomic E-state index is 12.0. The van der Waals surface area contributed by atoms with Gasteiger partial charge in [0.05, 0.1) is 12.7 Å². The number of hydrogen-bond donors (Lipinski definition) is 1. The second kappa shape index (κ2) is 5.85. The van der Waals surface area contributed by atoms with Crippen molar-refractivity contribution in [3.05, 3.63) is 0 Å². The van der Waals surface area contributed by atoms with Gasteiger partial charge in [-0.3, -0.25) is 10.1 Å². The Kier molecular flexibility index (Phi) is 4.43. The lowest BCUT2D eigenvalue weighted by molar-refractivity contribution is -0.131. The van der Waals surface area contributed by atoms with Crippen molar-refractivity contribution in [2.45, 2.75) is 71.0 Å². The molecule has 17 heavy (non-hydrogen) atoms. The lowest BCUT2D eigenvalue weighted by Gasteiger charge is -2.38. The fourth-order valence-electron chi connectivity index (χ4n) is 3.43. The molecule has 2 fully saturated rings. The highest BCUT2D eigenvalue weighted by Crippen LogP contribution is 2.32. The van der Waals surface area contributed by atoms with E-state index >= 15 is 0 Å². The summed E-state index contributed by atoms with van der Waals surface area (Å²) in [6, 6.07) is 0.507. The van der Waals surface area contributed by atoms with Crippen LogP contribution >= 0.6 is 0 Å². The van der Waals surface area contributed by atoms with Crippen molar-refractivity contribution in [3.63, 3.8) is 0 Å². The Balaban J connectivity index is 2.00. The minimum atomic E-state index is 0.313. The summed E-state index contributed by atoms with van der Waals surface area (Å²) in [4.78, 5) is 14.2. The maximum absolute atomic E-state index is 12.0. The van der Waals surface area contributed by atoms with Crippen LogP contribution in [0.3, 0.4) is 0 Å². The summed E-state index contributed by atoms with van der Waals surface area (Å²) < 4.78 is 0. The van der Waals surface area contributed by atoms with Crippen molar-refractivity contribution in [2.75, 3.05) is 6.54 Å². The van der Waals surface area contributed by atoms with E-state index in [0.29, 0.717) is 24.7 Å². The Hall–Kier alpha value is -0.570. The van der Waals surface area contributed by atoms with Gasteiger partial charge in [0.1, 0.15) is 0 Å². The molecule has 3 heteroatoms. The first-order chi connectivity index (χ1) is 8.26. The van der Waals surface area contributed by atoms with Gasteiger partial charge in [0.2, 0.25) is 5.91 Å². The largest absolute Gasteiger partial charge is 0.323 e. The number of rotatable bonds is 4. The molecule has 3 atom stereocenters. The van der Waals surface area contributed by atoms with Gasteiger partial charge in [-0.25, -0.2) is 0 Å². The molecule has 1 aliphatic carbocycles. The summed E-state index contributed by atoms with van der Waals surface area (Å²) >= 11 is 0. The normalized spacial score (nSPS) is 34.4. The molecule has 1 amide bonds. The minimum absolute atomic E-state index is 0.313. The molecule has 0 aromatic carbocycles. The Morgan fingerprint density at radius 1 is 1.35 bits per heavy atom. The fourth-order valence-corrected chi connectivity index (χ4v) is 3.43. The lowest BCUT2D eigenvalue weighted by Crippen LogP contribution is -2.46. The molecule has 0 aromatic heterocycles. The predicted molar refractivity (Wildman–Crippen MR) is 69.6 cm³/mol. The SMILES string of the molecule is CCCC1NCC(=O)N1C1CCCC(CC)C1. The van der Waals surface area contributed by atoms with Crippen LogP contribution in [-0.4, -0.2) is 29.6 Å². The first kappa shape index (κ1) is 12.9. The first-order valence-corrected chi connectivity index (χ1v) is 7.30. The van der Waals surface area contributed by atoms with Crippen molar-refractivity contribution >= 4 is 5.91 Å². The Bertz CT molecular complexity index is 267. The zero-order valence-electron chi connectivity index (χ0n) is 11.2. The van der Waals surface area contributed by atoms with Crippen molar-refractivity contribution in [3.8, 4) is 0 Å². The number of hydrogen-bond acceptors (Lipinski definition) is 2. The molecule has 98 valence electrons. The van der Waals surface area contributed by atoms with E-state index in [9.17, 15) is 4.79 Å². The van der Waals surface area contributed by atoms with E-state index in [-0.39, 0.29) is 0 Å². The average Bonchev–Trinajstić information content (AvgIpc) is 2.71. The van der Waals surface area contributed by atoms with Crippen molar-refractivity contribution in [1.29, 1.82) is 0 Å². The molecule has 0 spiro atoms. The van der Waals surface area contributed by atoms with Gasteiger partial charge in [0, 0.05) is 6.04 Å². The van der Waals surface area contributed by atoms with Crippen molar-refractivity contribution in [2.24, 2.45) is 5.92 Å². The van der Waals surface area contributed by atoms with E-state index in [1.807, 2.05) is 0 Å². The van der Waals surface area contributed by atoms with E-state index in [2.05, 4.69) is 24.1 Å². The van der Waals surface area contributed by atoms with Crippen LogP contribution in [0.15, 0.2) is 0 Å². The molecule has 0 radical (unpaired) electrons. The lowest BCUT2D eigenvalue weighted by atomic mass is 9.83. The third-order valence-corrected chi connectivity index (χ3v) is 4.40. The third kappa shape index (κ3) is 2.82. The van der Waals surface area contributed by atoms with Crippen molar-refractivity contribution < 1.29 is 4.79 Å². The molecule has 1 heterocycles. The molecule has 1 saturated heterocycles.